The Kier molecular flexibility index (Phi) is 5.77. The molecule has 0 aliphatic heterocycles. The zero-order chi connectivity index (χ0) is 13.5. The minimum absolute atomic E-state index is 0.0753. The summed E-state index contributed by atoms with van der Waals surface area (Å²) >= 11 is 3.28. The van der Waals surface area contributed by atoms with Crippen molar-refractivity contribution < 1.29 is 14.3 Å². The van der Waals surface area contributed by atoms with Crippen molar-refractivity contribution in [2.75, 3.05) is 19.1 Å². The highest BCUT2D eigenvalue weighted by molar-refractivity contribution is 9.10. The van der Waals surface area contributed by atoms with E-state index in [0.717, 1.165) is 4.47 Å². The highest BCUT2D eigenvalue weighted by Gasteiger charge is 2.12. The van der Waals surface area contributed by atoms with Gasteiger partial charge in [0, 0.05) is 30.6 Å². The summed E-state index contributed by atoms with van der Waals surface area (Å²) in [5.74, 6) is 0.210. The third kappa shape index (κ3) is 4.44. The Hall–Kier alpha value is -1.43. The fourth-order valence-corrected chi connectivity index (χ4v) is 1.58. The van der Waals surface area contributed by atoms with Gasteiger partial charge in [-0.1, -0.05) is 0 Å². The van der Waals surface area contributed by atoms with Crippen LogP contribution in [0.3, 0.4) is 0 Å². The smallest absolute Gasteiger partial charge is 0.305 e. The van der Waals surface area contributed by atoms with Gasteiger partial charge >= 0.3 is 5.97 Å². The van der Waals surface area contributed by atoms with Crippen molar-refractivity contribution >= 4 is 33.6 Å². The molecule has 18 heavy (non-hydrogen) atoms. The molecule has 0 saturated carbocycles. The second-order valence-corrected chi connectivity index (χ2v) is 4.63. The molecule has 0 bridgehead atoms. The molecule has 1 amide bonds. The zero-order valence-electron chi connectivity index (χ0n) is 10.4. The van der Waals surface area contributed by atoms with Gasteiger partial charge in [0.05, 0.1) is 7.11 Å². The predicted molar refractivity (Wildman–Crippen MR) is 71.2 cm³/mol. The maximum Gasteiger partial charge on any atom is 0.305 e. The first kappa shape index (κ1) is 14.6. The van der Waals surface area contributed by atoms with E-state index in [9.17, 15) is 9.59 Å². The number of amides is 1. The summed E-state index contributed by atoms with van der Waals surface area (Å²) in [7, 11) is 3.00. The maximum atomic E-state index is 11.8. The quantitative estimate of drug-likeness (QED) is 0.781. The van der Waals surface area contributed by atoms with Crippen LogP contribution in [-0.4, -0.2) is 31.0 Å². The number of carbonyl (C=O) groups is 2. The number of pyridine rings is 1. The molecule has 6 heteroatoms. The number of carbonyl (C=O) groups excluding carboxylic acids is 2. The average molecular weight is 315 g/mol. The van der Waals surface area contributed by atoms with Crippen molar-refractivity contribution in [1.29, 1.82) is 0 Å². The van der Waals surface area contributed by atoms with E-state index < -0.39 is 0 Å². The molecule has 0 N–H and O–H groups in total. The number of aromatic nitrogens is 1. The highest BCUT2D eigenvalue weighted by Crippen LogP contribution is 2.14. The van der Waals surface area contributed by atoms with E-state index in [1.54, 1.807) is 19.3 Å². The van der Waals surface area contributed by atoms with Gasteiger partial charge in [0.1, 0.15) is 5.82 Å². The standard InChI is InChI=1S/C12H15BrN2O3/c1-15(10-7-6-9(13)8-14-10)11(16)4-3-5-12(17)18-2/h6-8H,3-5H2,1-2H3. The van der Waals surface area contributed by atoms with Gasteiger partial charge in [-0.3, -0.25) is 14.5 Å². The van der Waals surface area contributed by atoms with E-state index in [-0.39, 0.29) is 18.3 Å². The molecular formula is C12H15BrN2O3. The molecule has 0 atom stereocenters. The van der Waals surface area contributed by atoms with Crippen molar-refractivity contribution in [1.82, 2.24) is 4.98 Å². The van der Waals surface area contributed by atoms with Crippen molar-refractivity contribution in [3.63, 3.8) is 0 Å². The van der Waals surface area contributed by atoms with Gasteiger partial charge in [-0.05, 0) is 34.5 Å². The molecule has 1 aromatic rings. The summed E-state index contributed by atoms with van der Waals surface area (Å²) in [6.07, 6.45) is 2.66. The zero-order valence-corrected chi connectivity index (χ0v) is 11.9. The number of methoxy groups -OCH3 is 1. The molecule has 0 aliphatic rings. The SMILES string of the molecule is COC(=O)CCCC(=O)N(C)c1ccc(Br)cn1. The number of esters is 1. The summed E-state index contributed by atoms with van der Waals surface area (Å²) in [5, 5.41) is 0. The average Bonchev–Trinajstić information content (AvgIpc) is 2.38. The molecule has 0 saturated heterocycles. The molecule has 5 nitrogen and oxygen atoms in total. The number of anilines is 1. The second-order valence-electron chi connectivity index (χ2n) is 3.72. The maximum absolute atomic E-state index is 11.8. The van der Waals surface area contributed by atoms with Gasteiger partial charge in [-0.25, -0.2) is 4.98 Å². The van der Waals surface area contributed by atoms with E-state index in [0.29, 0.717) is 18.7 Å². The summed E-state index contributed by atoms with van der Waals surface area (Å²) in [6, 6.07) is 3.57. The Morgan fingerprint density at radius 3 is 2.67 bits per heavy atom. The summed E-state index contributed by atoms with van der Waals surface area (Å²) in [5.41, 5.74) is 0. The van der Waals surface area contributed by atoms with Crippen LogP contribution >= 0.6 is 15.9 Å². The van der Waals surface area contributed by atoms with E-state index in [1.807, 2.05) is 6.07 Å². The van der Waals surface area contributed by atoms with Crippen LogP contribution in [-0.2, 0) is 14.3 Å². The van der Waals surface area contributed by atoms with Crippen LogP contribution < -0.4 is 4.90 Å². The number of halogens is 1. The molecular weight excluding hydrogens is 300 g/mol. The molecule has 1 heterocycles. The van der Waals surface area contributed by atoms with Crippen molar-refractivity contribution in [3.8, 4) is 0 Å². The first-order chi connectivity index (χ1) is 8.54. The lowest BCUT2D eigenvalue weighted by Crippen LogP contribution is -2.26. The predicted octanol–water partition coefficient (Wildman–Crippen LogP) is 2.15. The van der Waals surface area contributed by atoms with Gasteiger partial charge in [0.2, 0.25) is 5.91 Å². The Morgan fingerprint density at radius 2 is 2.11 bits per heavy atom. The topological polar surface area (TPSA) is 59.5 Å². The van der Waals surface area contributed by atoms with Crippen LogP contribution in [0.1, 0.15) is 19.3 Å². The van der Waals surface area contributed by atoms with Crippen LogP contribution in [0, 0.1) is 0 Å². The Labute approximate surface area is 114 Å². The van der Waals surface area contributed by atoms with Crippen LogP contribution in [0.25, 0.3) is 0 Å². The molecule has 0 aliphatic carbocycles. The Morgan fingerprint density at radius 1 is 1.39 bits per heavy atom. The van der Waals surface area contributed by atoms with Gasteiger partial charge in [-0.2, -0.15) is 0 Å². The first-order valence-corrected chi connectivity index (χ1v) is 6.29. The molecule has 0 aromatic carbocycles. The van der Waals surface area contributed by atoms with E-state index >= 15 is 0 Å². The normalized spacial score (nSPS) is 9.94. The van der Waals surface area contributed by atoms with Gasteiger partial charge in [-0.15, -0.1) is 0 Å². The van der Waals surface area contributed by atoms with Crippen LogP contribution in [0.5, 0.6) is 0 Å². The van der Waals surface area contributed by atoms with E-state index in [2.05, 4.69) is 25.7 Å². The van der Waals surface area contributed by atoms with Crippen molar-refractivity contribution in [2.24, 2.45) is 0 Å². The Balaban J connectivity index is 2.46. The Bertz CT molecular complexity index is 420. The fourth-order valence-electron chi connectivity index (χ4n) is 1.35. The van der Waals surface area contributed by atoms with Crippen molar-refractivity contribution in [2.45, 2.75) is 19.3 Å². The lowest BCUT2D eigenvalue weighted by Gasteiger charge is -2.15. The van der Waals surface area contributed by atoms with Crippen LogP contribution in [0.15, 0.2) is 22.8 Å². The fraction of sp³-hybridized carbons (Fsp3) is 0.417. The third-order valence-corrected chi connectivity index (χ3v) is 2.90. The first-order valence-electron chi connectivity index (χ1n) is 5.49. The minimum Gasteiger partial charge on any atom is -0.469 e. The monoisotopic (exact) mass is 314 g/mol. The molecule has 0 radical (unpaired) electrons. The molecule has 1 rings (SSSR count). The second kappa shape index (κ2) is 7.10. The molecule has 98 valence electrons. The van der Waals surface area contributed by atoms with E-state index in [4.69, 9.17) is 0 Å². The molecule has 0 spiro atoms. The number of nitrogens with zero attached hydrogens (tertiary/aromatic N) is 2. The highest BCUT2D eigenvalue weighted by atomic mass is 79.9. The number of hydrogen-bond donors (Lipinski definition) is 0. The lowest BCUT2D eigenvalue weighted by atomic mass is 10.2. The number of ether oxygens (including phenoxy) is 1. The summed E-state index contributed by atoms with van der Waals surface area (Å²) in [6.45, 7) is 0. The number of hydrogen-bond acceptors (Lipinski definition) is 4. The lowest BCUT2D eigenvalue weighted by molar-refractivity contribution is -0.140. The molecule has 0 unspecified atom stereocenters. The van der Waals surface area contributed by atoms with Crippen LogP contribution in [0.2, 0.25) is 0 Å². The molecule has 0 fully saturated rings. The third-order valence-electron chi connectivity index (χ3n) is 2.43. The van der Waals surface area contributed by atoms with Gasteiger partial charge < -0.3 is 4.74 Å². The van der Waals surface area contributed by atoms with Gasteiger partial charge in [0.15, 0.2) is 0 Å². The minimum atomic E-state index is -0.299. The van der Waals surface area contributed by atoms with Crippen molar-refractivity contribution in [3.05, 3.63) is 22.8 Å². The largest absolute Gasteiger partial charge is 0.469 e. The molecule has 1 aromatic heterocycles. The van der Waals surface area contributed by atoms with Crippen LogP contribution in [0.4, 0.5) is 5.82 Å². The summed E-state index contributed by atoms with van der Waals surface area (Å²) in [4.78, 5) is 28.3. The summed E-state index contributed by atoms with van der Waals surface area (Å²) < 4.78 is 5.37. The van der Waals surface area contributed by atoms with Gasteiger partial charge in [0.25, 0.3) is 0 Å². The number of rotatable bonds is 5. The van der Waals surface area contributed by atoms with E-state index in [1.165, 1.54) is 12.0 Å².